The number of anilines is 2. The molecule has 0 aliphatic heterocycles. The van der Waals surface area contributed by atoms with Gasteiger partial charge in [0.05, 0.1) is 5.69 Å². The third kappa shape index (κ3) is 3.09. The number of benzene rings is 6. The summed E-state index contributed by atoms with van der Waals surface area (Å²) in [5.74, 6) is 0. The van der Waals surface area contributed by atoms with Gasteiger partial charge in [0.25, 0.3) is 0 Å². The van der Waals surface area contributed by atoms with Gasteiger partial charge in [0, 0.05) is 27.4 Å². The zero-order valence-corrected chi connectivity index (χ0v) is 20.5. The molecule has 1 heteroatoms. The van der Waals surface area contributed by atoms with Crippen molar-refractivity contribution < 1.29 is 0 Å². The van der Waals surface area contributed by atoms with Crippen molar-refractivity contribution in [3.63, 3.8) is 0 Å². The minimum atomic E-state index is -0.0146. The zero-order chi connectivity index (χ0) is 24.3. The summed E-state index contributed by atoms with van der Waals surface area (Å²) in [7, 11) is 0. The van der Waals surface area contributed by atoms with Crippen LogP contribution in [0.1, 0.15) is 25.0 Å². The van der Waals surface area contributed by atoms with Crippen LogP contribution in [0, 0.1) is 0 Å². The fraction of sp³-hybridized carbons (Fsp3) is 0.0857. The van der Waals surface area contributed by atoms with E-state index in [2.05, 4.69) is 140 Å². The second kappa shape index (κ2) is 7.83. The van der Waals surface area contributed by atoms with E-state index >= 15 is 0 Å². The predicted molar refractivity (Wildman–Crippen MR) is 154 cm³/mol. The molecule has 1 aliphatic rings. The molecule has 0 unspecified atom stereocenters. The molecule has 6 aromatic rings. The van der Waals surface area contributed by atoms with Gasteiger partial charge in [0.1, 0.15) is 0 Å². The lowest BCUT2D eigenvalue weighted by Crippen LogP contribution is -2.14. The molecular weight excluding hydrogens is 434 g/mol. The van der Waals surface area contributed by atoms with Crippen LogP contribution < -0.4 is 5.32 Å². The van der Waals surface area contributed by atoms with Crippen molar-refractivity contribution in [2.45, 2.75) is 19.3 Å². The van der Waals surface area contributed by atoms with Gasteiger partial charge in [-0.15, -0.1) is 0 Å². The average Bonchev–Trinajstić information content (AvgIpc) is 3.14. The number of fused-ring (bicyclic) bond motifs is 5. The van der Waals surface area contributed by atoms with Gasteiger partial charge in [0.2, 0.25) is 0 Å². The summed E-state index contributed by atoms with van der Waals surface area (Å²) in [5, 5.41) is 8.90. The molecule has 6 aromatic carbocycles. The van der Waals surface area contributed by atoms with Crippen LogP contribution in [0.3, 0.4) is 0 Å². The maximum Gasteiger partial charge on any atom is 0.0543 e. The third-order valence-electron chi connectivity index (χ3n) is 7.84. The van der Waals surface area contributed by atoms with E-state index in [0.29, 0.717) is 0 Å². The number of hydrogen-bond acceptors (Lipinski definition) is 1. The lowest BCUT2D eigenvalue weighted by atomic mass is 9.81. The lowest BCUT2D eigenvalue weighted by molar-refractivity contribution is 0.661. The van der Waals surface area contributed by atoms with Gasteiger partial charge in [-0.2, -0.15) is 0 Å². The van der Waals surface area contributed by atoms with Crippen LogP contribution in [0.2, 0.25) is 0 Å². The molecule has 0 fully saturated rings. The Kier molecular flexibility index (Phi) is 4.56. The fourth-order valence-electron chi connectivity index (χ4n) is 5.99. The minimum absolute atomic E-state index is 0.0146. The van der Waals surface area contributed by atoms with Crippen LogP contribution in [0.4, 0.5) is 11.4 Å². The molecule has 1 aliphatic carbocycles. The lowest BCUT2D eigenvalue weighted by Gasteiger charge is -2.22. The van der Waals surface area contributed by atoms with Crippen molar-refractivity contribution in [1.82, 2.24) is 0 Å². The van der Waals surface area contributed by atoms with Gasteiger partial charge >= 0.3 is 0 Å². The van der Waals surface area contributed by atoms with Gasteiger partial charge in [-0.1, -0.05) is 111 Å². The summed E-state index contributed by atoms with van der Waals surface area (Å²) in [6.07, 6.45) is 0. The highest BCUT2D eigenvalue weighted by atomic mass is 14.9. The summed E-state index contributed by atoms with van der Waals surface area (Å²) in [6, 6.07) is 44.0. The Morgan fingerprint density at radius 3 is 2.06 bits per heavy atom. The molecule has 7 rings (SSSR count). The molecule has 0 bridgehead atoms. The first-order valence-corrected chi connectivity index (χ1v) is 12.6. The van der Waals surface area contributed by atoms with Crippen molar-refractivity contribution in [2.24, 2.45) is 0 Å². The highest BCUT2D eigenvalue weighted by Crippen LogP contribution is 2.51. The predicted octanol–water partition coefficient (Wildman–Crippen LogP) is 9.71. The molecular formula is C35H27N. The van der Waals surface area contributed by atoms with Crippen molar-refractivity contribution in [1.29, 1.82) is 0 Å². The van der Waals surface area contributed by atoms with Crippen molar-refractivity contribution in [3.8, 4) is 22.3 Å². The summed E-state index contributed by atoms with van der Waals surface area (Å²) >= 11 is 0. The Balaban J connectivity index is 1.51. The summed E-state index contributed by atoms with van der Waals surface area (Å²) in [5.41, 5.74) is 10.2. The Morgan fingerprint density at radius 2 is 1.19 bits per heavy atom. The first-order valence-electron chi connectivity index (χ1n) is 12.6. The van der Waals surface area contributed by atoms with Crippen LogP contribution in [0.15, 0.2) is 121 Å². The maximum atomic E-state index is 3.89. The Labute approximate surface area is 212 Å². The molecule has 0 aromatic heterocycles. The third-order valence-corrected chi connectivity index (χ3v) is 7.84. The summed E-state index contributed by atoms with van der Waals surface area (Å²) in [6.45, 7) is 4.69. The monoisotopic (exact) mass is 461 g/mol. The Hall–Kier alpha value is -4.36. The van der Waals surface area contributed by atoms with E-state index in [1.807, 2.05) is 0 Å². The van der Waals surface area contributed by atoms with E-state index in [0.717, 1.165) is 11.4 Å². The first kappa shape index (κ1) is 21.0. The van der Waals surface area contributed by atoms with Crippen molar-refractivity contribution in [2.75, 3.05) is 5.32 Å². The second-order valence-electron chi connectivity index (χ2n) is 10.3. The summed E-state index contributed by atoms with van der Waals surface area (Å²) < 4.78 is 0. The molecule has 1 nitrogen and oxygen atoms in total. The smallest absolute Gasteiger partial charge is 0.0543 e. The van der Waals surface area contributed by atoms with E-state index in [-0.39, 0.29) is 5.41 Å². The van der Waals surface area contributed by atoms with Gasteiger partial charge in [-0.25, -0.2) is 0 Å². The number of hydrogen-bond donors (Lipinski definition) is 1. The normalized spacial score (nSPS) is 13.5. The first-order chi connectivity index (χ1) is 17.6. The molecule has 0 saturated heterocycles. The maximum absolute atomic E-state index is 3.89. The zero-order valence-electron chi connectivity index (χ0n) is 20.5. The van der Waals surface area contributed by atoms with Gasteiger partial charge < -0.3 is 5.32 Å². The summed E-state index contributed by atoms with van der Waals surface area (Å²) in [4.78, 5) is 0. The highest BCUT2D eigenvalue weighted by molar-refractivity contribution is 6.14. The second-order valence-corrected chi connectivity index (χ2v) is 10.3. The van der Waals surface area contributed by atoms with Crippen LogP contribution in [-0.2, 0) is 5.41 Å². The quantitative estimate of drug-likeness (QED) is 0.259. The van der Waals surface area contributed by atoms with E-state index in [4.69, 9.17) is 0 Å². The standard InChI is InChI=1S/C35H27N/c1-35(2)31-18-10-8-17-28(31)30-22-29-25(21-32(30)35)20-24-14-6-7-16-27(24)34(29)36-33-19-11-9-15-26(33)23-12-4-3-5-13-23/h3-22,36H,1-2H3. The highest BCUT2D eigenvalue weighted by Gasteiger charge is 2.35. The van der Waals surface area contributed by atoms with Crippen LogP contribution >= 0.6 is 0 Å². The molecule has 0 radical (unpaired) electrons. The Bertz CT molecular complexity index is 1780. The average molecular weight is 462 g/mol. The van der Waals surface area contributed by atoms with E-state index in [9.17, 15) is 0 Å². The SMILES string of the molecule is CC1(C)c2ccccc2-c2cc3c(Nc4ccccc4-c4ccccc4)c4ccccc4cc3cc21. The fourth-order valence-corrected chi connectivity index (χ4v) is 5.99. The van der Waals surface area contributed by atoms with Crippen LogP contribution in [0.5, 0.6) is 0 Å². The van der Waals surface area contributed by atoms with Gasteiger partial charge in [-0.05, 0) is 62.9 Å². The Morgan fingerprint density at radius 1 is 0.500 bits per heavy atom. The molecule has 0 atom stereocenters. The van der Waals surface area contributed by atoms with E-state index in [1.54, 1.807) is 0 Å². The minimum Gasteiger partial charge on any atom is -0.354 e. The molecule has 172 valence electrons. The molecule has 0 saturated carbocycles. The van der Waals surface area contributed by atoms with E-state index < -0.39 is 0 Å². The molecule has 1 N–H and O–H groups in total. The van der Waals surface area contributed by atoms with Crippen molar-refractivity contribution in [3.05, 3.63) is 132 Å². The van der Waals surface area contributed by atoms with E-state index in [1.165, 1.54) is 54.9 Å². The molecule has 36 heavy (non-hydrogen) atoms. The molecule has 0 spiro atoms. The van der Waals surface area contributed by atoms with Crippen LogP contribution in [-0.4, -0.2) is 0 Å². The van der Waals surface area contributed by atoms with Gasteiger partial charge in [-0.3, -0.25) is 0 Å². The van der Waals surface area contributed by atoms with Gasteiger partial charge in [0.15, 0.2) is 0 Å². The topological polar surface area (TPSA) is 12.0 Å². The largest absolute Gasteiger partial charge is 0.354 e. The van der Waals surface area contributed by atoms with Crippen molar-refractivity contribution >= 4 is 32.9 Å². The number of nitrogens with one attached hydrogen (secondary N) is 1. The molecule has 0 heterocycles. The molecule has 0 amide bonds. The number of para-hydroxylation sites is 1. The number of rotatable bonds is 3. The van der Waals surface area contributed by atoms with Crippen LogP contribution in [0.25, 0.3) is 43.8 Å².